The van der Waals surface area contributed by atoms with Crippen molar-refractivity contribution < 1.29 is 18.3 Å². The number of hydrogen-bond donors (Lipinski definition) is 1. The summed E-state index contributed by atoms with van der Waals surface area (Å²) in [4.78, 5) is 10.9. The van der Waals surface area contributed by atoms with Crippen LogP contribution in [-0.4, -0.2) is 13.1 Å². The Balaban J connectivity index is 0.00000256. The maximum absolute atomic E-state index is 13.4. The van der Waals surface area contributed by atoms with Crippen molar-refractivity contribution in [3.8, 4) is 0 Å². The lowest BCUT2D eigenvalue weighted by molar-refractivity contribution is -0.141. The van der Waals surface area contributed by atoms with Crippen LogP contribution in [-0.2, 0) is 9.53 Å². The molecule has 0 aliphatic rings. The van der Waals surface area contributed by atoms with E-state index in [-0.39, 0.29) is 24.4 Å². The fourth-order valence-corrected chi connectivity index (χ4v) is 1.54. The lowest BCUT2D eigenvalue weighted by atomic mass is 10.0. The van der Waals surface area contributed by atoms with Crippen molar-refractivity contribution in [2.24, 2.45) is 5.73 Å². The number of hydrogen-bond acceptors (Lipinski definition) is 3. The molecule has 0 spiro atoms. The summed E-state index contributed by atoms with van der Waals surface area (Å²) in [6, 6.07) is 0.773. The zero-order chi connectivity index (χ0) is 12.3. The first-order valence-corrected chi connectivity index (χ1v) is 4.81. The maximum Gasteiger partial charge on any atom is 0.307 e. The van der Waals surface area contributed by atoms with Gasteiger partial charge in [-0.3, -0.25) is 4.79 Å². The number of carbonyl (C=O) groups is 1. The van der Waals surface area contributed by atoms with E-state index < -0.39 is 28.7 Å². The van der Waals surface area contributed by atoms with Crippen LogP contribution in [0.1, 0.15) is 18.0 Å². The van der Waals surface area contributed by atoms with Crippen molar-refractivity contribution >= 4 is 30.0 Å². The number of ether oxygens (including phenoxy) is 1. The van der Waals surface area contributed by atoms with Crippen LogP contribution in [0.2, 0.25) is 5.02 Å². The van der Waals surface area contributed by atoms with E-state index in [0.29, 0.717) is 0 Å². The van der Waals surface area contributed by atoms with E-state index in [9.17, 15) is 13.6 Å². The summed E-state index contributed by atoms with van der Waals surface area (Å²) in [6.07, 6.45) is -0.267. The van der Waals surface area contributed by atoms with Gasteiger partial charge in [-0.1, -0.05) is 11.6 Å². The van der Waals surface area contributed by atoms with Crippen LogP contribution in [0, 0.1) is 11.6 Å². The Morgan fingerprint density at radius 3 is 2.53 bits per heavy atom. The Bertz CT molecular complexity index is 416. The molecule has 0 saturated heterocycles. The Kier molecular flexibility index (Phi) is 6.37. The molecule has 7 heteroatoms. The van der Waals surface area contributed by atoms with Crippen LogP contribution in [0.3, 0.4) is 0 Å². The quantitative estimate of drug-likeness (QED) is 0.686. The fraction of sp³-hybridized carbons (Fsp3) is 0.300. The summed E-state index contributed by atoms with van der Waals surface area (Å²) >= 11 is 5.57. The minimum atomic E-state index is -1.03. The molecule has 1 atom stereocenters. The first kappa shape index (κ1) is 16.1. The molecule has 1 rings (SSSR count). The molecule has 17 heavy (non-hydrogen) atoms. The molecule has 0 amide bonds. The molecule has 0 fully saturated rings. The minimum absolute atomic E-state index is 0. The SMILES string of the molecule is COC(=O)C[C@H](N)c1c(F)ccc(F)c1Cl.Cl. The second kappa shape index (κ2) is 6.74. The van der Waals surface area contributed by atoms with Crippen LogP contribution < -0.4 is 5.73 Å². The first-order chi connectivity index (χ1) is 7.47. The number of rotatable bonds is 3. The van der Waals surface area contributed by atoms with Gasteiger partial charge in [0.2, 0.25) is 0 Å². The van der Waals surface area contributed by atoms with Gasteiger partial charge < -0.3 is 10.5 Å². The third-order valence-corrected chi connectivity index (χ3v) is 2.45. The van der Waals surface area contributed by atoms with Crippen LogP contribution in [0.4, 0.5) is 8.78 Å². The molecule has 0 saturated carbocycles. The predicted molar refractivity (Wildman–Crippen MR) is 62.2 cm³/mol. The average Bonchev–Trinajstić information content (AvgIpc) is 2.24. The van der Waals surface area contributed by atoms with Crippen molar-refractivity contribution in [3.63, 3.8) is 0 Å². The number of esters is 1. The van der Waals surface area contributed by atoms with Gasteiger partial charge in [0, 0.05) is 11.6 Å². The normalized spacial score (nSPS) is 11.6. The lowest BCUT2D eigenvalue weighted by Crippen LogP contribution is -2.18. The Labute approximate surface area is 108 Å². The van der Waals surface area contributed by atoms with Gasteiger partial charge in [0.25, 0.3) is 0 Å². The van der Waals surface area contributed by atoms with Crippen molar-refractivity contribution in [2.75, 3.05) is 7.11 Å². The molecule has 3 nitrogen and oxygen atoms in total. The van der Waals surface area contributed by atoms with E-state index in [4.69, 9.17) is 17.3 Å². The van der Waals surface area contributed by atoms with Gasteiger partial charge in [-0.05, 0) is 12.1 Å². The highest BCUT2D eigenvalue weighted by Crippen LogP contribution is 2.28. The molecular weight excluding hydrogens is 275 g/mol. The smallest absolute Gasteiger partial charge is 0.307 e. The van der Waals surface area contributed by atoms with Crippen molar-refractivity contribution in [2.45, 2.75) is 12.5 Å². The second-order valence-electron chi connectivity index (χ2n) is 3.14. The number of benzene rings is 1. The van der Waals surface area contributed by atoms with E-state index in [2.05, 4.69) is 4.74 Å². The summed E-state index contributed by atoms with van der Waals surface area (Å²) in [5, 5.41) is -0.406. The molecule has 0 bridgehead atoms. The molecule has 96 valence electrons. The number of methoxy groups -OCH3 is 1. The molecule has 0 aliphatic carbocycles. The molecule has 0 unspecified atom stereocenters. The third kappa shape index (κ3) is 3.80. The predicted octanol–water partition coefficient (Wildman–Crippen LogP) is 2.60. The Morgan fingerprint density at radius 1 is 1.47 bits per heavy atom. The van der Waals surface area contributed by atoms with E-state index in [1.165, 1.54) is 7.11 Å². The molecule has 0 heterocycles. The zero-order valence-electron chi connectivity index (χ0n) is 8.88. The third-order valence-electron chi connectivity index (χ3n) is 2.06. The van der Waals surface area contributed by atoms with Gasteiger partial charge in [-0.25, -0.2) is 8.78 Å². The maximum atomic E-state index is 13.4. The van der Waals surface area contributed by atoms with Gasteiger partial charge in [0.1, 0.15) is 11.6 Å². The molecule has 2 N–H and O–H groups in total. The molecule has 1 aromatic carbocycles. The van der Waals surface area contributed by atoms with Crippen LogP contribution in [0.25, 0.3) is 0 Å². The van der Waals surface area contributed by atoms with Gasteiger partial charge in [0.15, 0.2) is 0 Å². The second-order valence-corrected chi connectivity index (χ2v) is 3.52. The molecular formula is C10H11Cl2F2NO2. The van der Waals surface area contributed by atoms with Crippen molar-refractivity contribution in [1.82, 2.24) is 0 Å². The van der Waals surface area contributed by atoms with Gasteiger partial charge in [-0.15, -0.1) is 12.4 Å². The van der Waals surface area contributed by atoms with Crippen LogP contribution >= 0.6 is 24.0 Å². The summed E-state index contributed by atoms with van der Waals surface area (Å²) in [5.41, 5.74) is 5.33. The number of nitrogens with two attached hydrogens (primary N) is 1. The fourth-order valence-electron chi connectivity index (χ4n) is 1.25. The monoisotopic (exact) mass is 285 g/mol. The highest BCUT2D eigenvalue weighted by Gasteiger charge is 2.21. The topological polar surface area (TPSA) is 52.3 Å². The van der Waals surface area contributed by atoms with E-state index in [1.807, 2.05) is 0 Å². The first-order valence-electron chi connectivity index (χ1n) is 4.43. The minimum Gasteiger partial charge on any atom is -0.469 e. The van der Waals surface area contributed by atoms with Crippen LogP contribution in [0.5, 0.6) is 0 Å². The highest BCUT2D eigenvalue weighted by atomic mass is 35.5. The van der Waals surface area contributed by atoms with Gasteiger partial charge in [-0.2, -0.15) is 0 Å². The van der Waals surface area contributed by atoms with Crippen molar-refractivity contribution in [3.05, 3.63) is 34.4 Å². The lowest BCUT2D eigenvalue weighted by Gasteiger charge is -2.13. The summed E-state index contributed by atoms with van der Waals surface area (Å²) < 4.78 is 30.8. The average molecular weight is 286 g/mol. The summed E-state index contributed by atoms with van der Waals surface area (Å²) in [7, 11) is 1.18. The van der Waals surface area contributed by atoms with Crippen molar-refractivity contribution in [1.29, 1.82) is 0 Å². The largest absolute Gasteiger partial charge is 0.469 e. The van der Waals surface area contributed by atoms with E-state index in [0.717, 1.165) is 12.1 Å². The van der Waals surface area contributed by atoms with E-state index >= 15 is 0 Å². The van der Waals surface area contributed by atoms with Gasteiger partial charge >= 0.3 is 5.97 Å². The number of carbonyl (C=O) groups excluding carboxylic acids is 1. The molecule has 0 aromatic heterocycles. The summed E-state index contributed by atoms with van der Waals surface area (Å²) in [5.74, 6) is -2.14. The Morgan fingerprint density at radius 2 is 2.00 bits per heavy atom. The van der Waals surface area contributed by atoms with Gasteiger partial charge in [0.05, 0.1) is 18.6 Å². The standard InChI is InChI=1S/C10H10ClF2NO2.ClH/c1-16-8(15)4-7(14)9-5(12)2-3-6(13)10(9)11;/h2-3,7H,4,14H2,1H3;1H/t7-;/m0./s1. The zero-order valence-corrected chi connectivity index (χ0v) is 10.4. The number of halogens is 4. The molecule has 1 aromatic rings. The molecule has 0 aliphatic heterocycles. The summed E-state index contributed by atoms with van der Waals surface area (Å²) in [6.45, 7) is 0. The Hall–Kier alpha value is -0.910. The van der Waals surface area contributed by atoms with Crippen LogP contribution in [0.15, 0.2) is 12.1 Å². The van der Waals surface area contributed by atoms with E-state index in [1.54, 1.807) is 0 Å². The highest BCUT2D eigenvalue weighted by molar-refractivity contribution is 6.31. The molecule has 0 radical (unpaired) electrons.